The molecule has 166 valence electrons. The molecule has 1 aromatic carbocycles. The average Bonchev–Trinajstić information content (AvgIpc) is 2.68. The first kappa shape index (κ1) is 25.9. The summed E-state index contributed by atoms with van der Waals surface area (Å²) in [5.41, 5.74) is 0. The lowest BCUT2D eigenvalue weighted by Crippen LogP contribution is -2.50. The lowest BCUT2D eigenvalue weighted by molar-refractivity contribution is 0.0532. The molecule has 1 aliphatic heterocycles. The van der Waals surface area contributed by atoms with Crippen molar-refractivity contribution in [1.29, 1.82) is 0 Å². The van der Waals surface area contributed by atoms with Crippen LogP contribution in [0.5, 0.6) is 5.75 Å². The van der Waals surface area contributed by atoms with Gasteiger partial charge in [0.05, 0.1) is 19.3 Å². The summed E-state index contributed by atoms with van der Waals surface area (Å²) in [6.45, 7) is 10.7. The van der Waals surface area contributed by atoms with Gasteiger partial charge >= 0.3 is 0 Å². The normalized spacial score (nSPS) is 17.0. The summed E-state index contributed by atoms with van der Waals surface area (Å²) in [5, 5.41) is 6.82. The van der Waals surface area contributed by atoms with Crippen molar-refractivity contribution in [2.45, 2.75) is 51.9 Å². The summed E-state index contributed by atoms with van der Waals surface area (Å²) >= 11 is 0. The summed E-state index contributed by atoms with van der Waals surface area (Å²) in [6, 6.07) is 6.49. The molecule has 0 amide bonds. The molecule has 1 saturated heterocycles. The minimum atomic E-state index is -0.263. The van der Waals surface area contributed by atoms with E-state index in [2.05, 4.69) is 34.4 Å². The standard InChI is InChI=1S/C21H35FN4O2.HI/c1-16(2)27-14-13-26-11-9-19(10-12-26)25-21(23-4)24-15-17(3)28-20-7-5-18(22)6-8-20;/h5-8,16-17,19H,9-15H2,1-4H3,(H2,23,24,25);1H. The lowest BCUT2D eigenvalue weighted by atomic mass is 10.1. The predicted octanol–water partition coefficient (Wildman–Crippen LogP) is 3.27. The molecule has 1 heterocycles. The molecule has 0 bridgehead atoms. The van der Waals surface area contributed by atoms with Crippen molar-refractivity contribution in [1.82, 2.24) is 15.5 Å². The molecular formula is C21H36FIN4O2. The number of ether oxygens (including phenoxy) is 2. The highest BCUT2D eigenvalue weighted by molar-refractivity contribution is 14.0. The van der Waals surface area contributed by atoms with Gasteiger partial charge in [0.25, 0.3) is 0 Å². The zero-order chi connectivity index (χ0) is 20.4. The van der Waals surface area contributed by atoms with E-state index >= 15 is 0 Å². The average molecular weight is 522 g/mol. The van der Waals surface area contributed by atoms with E-state index in [0.717, 1.165) is 45.0 Å². The summed E-state index contributed by atoms with van der Waals surface area (Å²) in [4.78, 5) is 6.77. The maximum Gasteiger partial charge on any atom is 0.191 e. The summed E-state index contributed by atoms with van der Waals surface area (Å²) in [5.74, 6) is 1.19. The van der Waals surface area contributed by atoms with Crippen molar-refractivity contribution in [2.24, 2.45) is 4.99 Å². The topological polar surface area (TPSA) is 58.1 Å². The van der Waals surface area contributed by atoms with Crippen LogP contribution < -0.4 is 15.4 Å². The highest BCUT2D eigenvalue weighted by Crippen LogP contribution is 2.13. The van der Waals surface area contributed by atoms with E-state index in [1.54, 1.807) is 19.2 Å². The number of rotatable bonds is 9. The van der Waals surface area contributed by atoms with E-state index in [0.29, 0.717) is 24.4 Å². The Morgan fingerprint density at radius 2 is 1.86 bits per heavy atom. The van der Waals surface area contributed by atoms with Gasteiger partial charge in [0.15, 0.2) is 5.96 Å². The Labute approximate surface area is 191 Å². The van der Waals surface area contributed by atoms with Crippen LogP contribution in [-0.2, 0) is 4.74 Å². The van der Waals surface area contributed by atoms with Gasteiger partial charge in [-0.05, 0) is 57.9 Å². The summed E-state index contributed by atoms with van der Waals surface area (Å²) in [6.07, 6.45) is 2.41. The fraction of sp³-hybridized carbons (Fsp3) is 0.667. The van der Waals surface area contributed by atoms with E-state index in [1.165, 1.54) is 12.1 Å². The quantitative estimate of drug-likeness (QED) is 0.296. The summed E-state index contributed by atoms with van der Waals surface area (Å²) < 4.78 is 24.4. The van der Waals surface area contributed by atoms with E-state index in [-0.39, 0.29) is 35.9 Å². The SMILES string of the molecule is CN=C(NCC(C)Oc1ccc(F)cc1)NC1CCN(CCOC(C)C)CC1.I. The maximum absolute atomic E-state index is 13.0. The van der Waals surface area contributed by atoms with Crippen LogP contribution in [0.3, 0.4) is 0 Å². The molecule has 0 spiro atoms. The van der Waals surface area contributed by atoms with Crippen LogP contribution in [0, 0.1) is 5.82 Å². The molecule has 0 radical (unpaired) electrons. The van der Waals surface area contributed by atoms with Gasteiger partial charge in [0.2, 0.25) is 0 Å². The fourth-order valence-electron chi connectivity index (χ4n) is 3.13. The number of likely N-dealkylation sites (tertiary alicyclic amines) is 1. The number of hydrogen-bond donors (Lipinski definition) is 2. The van der Waals surface area contributed by atoms with Crippen molar-refractivity contribution in [3.05, 3.63) is 30.1 Å². The molecule has 1 atom stereocenters. The van der Waals surface area contributed by atoms with Gasteiger partial charge in [-0.25, -0.2) is 4.39 Å². The van der Waals surface area contributed by atoms with Crippen molar-refractivity contribution < 1.29 is 13.9 Å². The number of nitrogens with one attached hydrogen (secondary N) is 2. The Kier molecular flexibility index (Phi) is 12.5. The Morgan fingerprint density at radius 1 is 1.21 bits per heavy atom. The number of aliphatic imine (C=N–C) groups is 1. The number of nitrogens with zero attached hydrogens (tertiary/aromatic N) is 2. The molecule has 1 aliphatic rings. The number of benzene rings is 1. The molecule has 2 N–H and O–H groups in total. The Balaban J connectivity index is 0.00000420. The zero-order valence-electron chi connectivity index (χ0n) is 18.0. The molecule has 0 aromatic heterocycles. The molecule has 2 rings (SSSR count). The van der Waals surface area contributed by atoms with Gasteiger partial charge in [0, 0.05) is 32.7 Å². The van der Waals surface area contributed by atoms with Gasteiger partial charge in [-0.15, -0.1) is 24.0 Å². The molecule has 29 heavy (non-hydrogen) atoms. The van der Waals surface area contributed by atoms with Crippen molar-refractivity contribution in [3.63, 3.8) is 0 Å². The van der Waals surface area contributed by atoms with Crippen LogP contribution in [0.2, 0.25) is 0 Å². The minimum absolute atomic E-state index is 0. The lowest BCUT2D eigenvalue weighted by Gasteiger charge is -2.33. The third-order valence-corrected chi connectivity index (χ3v) is 4.72. The van der Waals surface area contributed by atoms with Crippen LogP contribution in [0.1, 0.15) is 33.6 Å². The number of piperidine rings is 1. The first-order chi connectivity index (χ1) is 13.5. The fourth-order valence-corrected chi connectivity index (χ4v) is 3.13. The number of hydrogen-bond acceptors (Lipinski definition) is 4. The van der Waals surface area contributed by atoms with E-state index in [4.69, 9.17) is 9.47 Å². The first-order valence-corrected chi connectivity index (χ1v) is 10.2. The second-order valence-corrected chi connectivity index (χ2v) is 7.52. The smallest absolute Gasteiger partial charge is 0.191 e. The van der Waals surface area contributed by atoms with Crippen molar-refractivity contribution in [2.75, 3.05) is 39.8 Å². The van der Waals surface area contributed by atoms with E-state index < -0.39 is 0 Å². The highest BCUT2D eigenvalue weighted by atomic mass is 127. The molecule has 1 fully saturated rings. The molecule has 0 aliphatic carbocycles. The Hall–Kier alpha value is -1.13. The molecule has 6 nitrogen and oxygen atoms in total. The van der Waals surface area contributed by atoms with Crippen molar-refractivity contribution >= 4 is 29.9 Å². The third kappa shape index (κ3) is 10.5. The monoisotopic (exact) mass is 522 g/mol. The van der Waals surface area contributed by atoms with Gasteiger partial charge in [-0.1, -0.05) is 0 Å². The van der Waals surface area contributed by atoms with Crippen LogP contribution in [-0.4, -0.2) is 68.9 Å². The Bertz CT molecular complexity index is 593. The second-order valence-electron chi connectivity index (χ2n) is 7.52. The maximum atomic E-state index is 13.0. The van der Waals surface area contributed by atoms with E-state index in [1.807, 2.05) is 6.92 Å². The largest absolute Gasteiger partial charge is 0.489 e. The molecule has 1 aromatic rings. The van der Waals surface area contributed by atoms with Crippen LogP contribution in [0.25, 0.3) is 0 Å². The van der Waals surface area contributed by atoms with Gasteiger partial charge in [-0.3, -0.25) is 4.99 Å². The zero-order valence-corrected chi connectivity index (χ0v) is 20.3. The molecule has 1 unspecified atom stereocenters. The molecular weight excluding hydrogens is 486 g/mol. The van der Waals surface area contributed by atoms with Crippen molar-refractivity contribution in [3.8, 4) is 5.75 Å². The molecule has 8 heteroatoms. The van der Waals surface area contributed by atoms with Gasteiger partial charge < -0.3 is 25.0 Å². The van der Waals surface area contributed by atoms with E-state index in [9.17, 15) is 4.39 Å². The van der Waals surface area contributed by atoms with Gasteiger partial charge in [0.1, 0.15) is 17.7 Å². The molecule has 0 saturated carbocycles. The Morgan fingerprint density at radius 3 is 2.45 bits per heavy atom. The predicted molar refractivity (Wildman–Crippen MR) is 127 cm³/mol. The minimum Gasteiger partial charge on any atom is -0.489 e. The summed E-state index contributed by atoms with van der Waals surface area (Å²) in [7, 11) is 1.78. The van der Waals surface area contributed by atoms with Crippen LogP contribution >= 0.6 is 24.0 Å². The van der Waals surface area contributed by atoms with Crippen LogP contribution in [0.15, 0.2) is 29.3 Å². The van der Waals surface area contributed by atoms with Crippen LogP contribution in [0.4, 0.5) is 4.39 Å². The van der Waals surface area contributed by atoms with Gasteiger partial charge in [-0.2, -0.15) is 0 Å². The number of guanidine groups is 1. The second kappa shape index (κ2) is 14.0. The highest BCUT2D eigenvalue weighted by Gasteiger charge is 2.20. The number of halogens is 2. The first-order valence-electron chi connectivity index (χ1n) is 10.2. The third-order valence-electron chi connectivity index (χ3n) is 4.72.